The summed E-state index contributed by atoms with van der Waals surface area (Å²) in [5.41, 5.74) is 2.10. The summed E-state index contributed by atoms with van der Waals surface area (Å²) in [6, 6.07) is 4.81. The lowest BCUT2D eigenvalue weighted by Gasteiger charge is -2.20. The summed E-state index contributed by atoms with van der Waals surface area (Å²) >= 11 is 0. The largest absolute Gasteiger partial charge is 0.504 e. The number of benzene rings is 1. The molecule has 0 radical (unpaired) electrons. The first-order valence-electron chi connectivity index (χ1n) is 6.84. The molecule has 1 aromatic carbocycles. The minimum Gasteiger partial charge on any atom is -0.504 e. The smallest absolute Gasteiger partial charge is 0.157 e. The third kappa shape index (κ3) is 4.96. The van der Waals surface area contributed by atoms with Crippen molar-refractivity contribution in [1.82, 2.24) is 0 Å². The molecule has 2 nitrogen and oxygen atoms in total. The lowest BCUT2D eigenvalue weighted by molar-refractivity contribution is 0.403. The van der Waals surface area contributed by atoms with Crippen molar-refractivity contribution in [3.8, 4) is 11.5 Å². The Balaban J connectivity index is 2.80. The molecule has 0 saturated carbocycles. The molecule has 1 rings (SSSR count). The average Bonchev–Trinajstić information content (AvgIpc) is 2.40. The topological polar surface area (TPSA) is 40.5 Å². The molecular weight excluding hydrogens is 248 g/mol. The Morgan fingerprint density at radius 2 is 1.95 bits per heavy atom. The van der Waals surface area contributed by atoms with Gasteiger partial charge in [0.15, 0.2) is 11.5 Å². The standard InChI is InChI=1S/C18H24O2/c1-5-18(4,11-6-7-14(2)3)12-10-15-8-9-16(19)17(20)13-15/h5,7-10,12-13,19-20H,1,6,11H2,2-4H3/b12-10+. The van der Waals surface area contributed by atoms with E-state index in [1.165, 1.54) is 11.6 Å². The molecule has 2 N–H and O–H groups in total. The van der Waals surface area contributed by atoms with Crippen molar-refractivity contribution in [2.24, 2.45) is 5.41 Å². The molecule has 2 heteroatoms. The van der Waals surface area contributed by atoms with Gasteiger partial charge in [0.2, 0.25) is 0 Å². The van der Waals surface area contributed by atoms with Crippen LogP contribution < -0.4 is 0 Å². The van der Waals surface area contributed by atoms with Crippen molar-refractivity contribution in [1.29, 1.82) is 0 Å². The molecule has 0 aliphatic rings. The van der Waals surface area contributed by atoms with E-state index in [2.05, 4.69) is 39.5 Å². The minimum atomic E-state index is -0.100. The van der Waals surface area contributed by atoms with Crippen LogP contribution in [-0.4, -0.2) is 10.2 Å². The van der Waals surface area contributed by atoms with Crippen LogP contribution in [0.2, 0.25) is 0 Å². The number of phenolic OH excluding ortho intramolecular Hbond substituents is 2. The van der Waals surface area contributed by atoms with Crippen LogP contribution in [0.3, 0.4) is 0 Å². The van der Waals surface area contributed by atoms with E-state index in [0.29, 0.717) is 0 Å². The van der Waals surface area contributed by atoms with Gasteiger partial charge in [-0.1, -0.05) is 42.9 Å². The van der Waals surface area contributed by atoms with Gasteiger partial charge in [0.1, 0.15) is 0 Å². The number of aromatic hydroxyl groups is 2. The van der Waals surface area contributed by atoms with E-state index in [9.17, 15) is 10.2 Å². The number of phenols is 2. The number of hydrogen-bond donors (Lipinski definition) is 2. The van der Waals surface area contributed by atoms with Crippen molar-refractivity contribution in [3.05, 3.63) is 54.1 Å². The van der Waals surface area contributed by atoms with Gasteiger partial charge in [0.25, 0.3) is 0 Å². The quantitative estimate of drug-likeness (QED) is 0.562. The molecule has 0 amide bonds. The van der Waals surface area contributed by atoms with Crippen LogP contribution in [0.1, 0.15) is 39.2 Å². The fourth-order valence-corrected chi connectivity index (χ4v) is 1.86. The van der Waals surface area contributed by atoms with Crippen molar-refractivity contribution >= 4 is 6.08 Å². The lowest BCUT2D eigenvalue weighted by atomic mass is 9.84. The van der Waals surface area contributed by atoms with Gasteiger partial charge in [0, 0.05) is 5.41 Å². The number of rotatable bonds is 6. The zero-order chi connectivity index (χ0) is 15.2. The highest BCUT2D eigenvalue weighted by atomic mass is 16.3. The molecule has 0 spiro atoms. The summed E-state index contributed by atoms with van der Waals surface area (Å²) in [7, 11) is 0. The first kappa shape index (κ1) is 16.1. The molecule has 0 aliphatic carbocycles. The third-order valence-corrected chi connectivity index (χ3v) is 3.36. The van der Waals surface area contributed by atoms with E-state index in [0.717, 1.165) is 18.4 Å². The zero-order valence-corrected chi connectivity index (χ0v) is 12.6. The predicted molar refractivity (Wildman–Crippen MR) is 85.8 cm³/mol. The highest BCUT2D eigenvalue weighted by Gasteiger charge is 2.15. The summed E-state index contributed by atoms with van der Waals surface area (Å²) in [5, 5.41) is 18.8. The van der Waals surface area contributed by atoms with Gasteiger partial charge < -0.3 is 10.2 Å². The fourth-order valence-electron chi connectivity index (χ4n) is 1.86. The van der Waals surface area contributed by atoms with E-state index in [1.54, 1.807) is 12.1 Å². The molecule has 0 aliphatic heterocycles. The molecule has 1 atom stereocenters. The van der Waals surface area contributed by atoms with Crippen molar-refractivity contribution in [2.45, 2.75) is 33.6 Å². The second-order valence-electron chi connectivity index (χ2n) is 5.61. The van der Waals surface area contributed by atoms with E-state index in [1.807, 2.05) is 12.2 Å². The SMILES string of the molecule is C=CC(C)(/C=C/c1ccc(O)c(O)c1)CCC=C(C)C. The Hall–Kier alpha value is -1.96. The lowest BCUT2D eigenvalue weighted by Crippen LogP contribution is -2.08. The van der Waals surface area contributed by atoms with Crippen LogP contribution in [0.4, 0.5) is 0 Å². The second kappa shape index (κ2) is 6.99. The maximum Gasteiger partial charge on any atom is 0.157 e. The summed E-state index contributed by atoms with van der Waals surface area (Å²) < 4.78 is 0. The van der Waals surface area contributed by atoms with E-state index < -0.39 is 0 Å². The first-order valence-corrected chi connectivity index (χ1v) is 6.84. The molecule has 0 bridgehead atoms. The zero-order valence-electron chi connectivity index (χ0n) is 12.6. The van der Waals surface area contributed by atoms with Crippen LogP contribution in [0.25, 0.3) is 6.08 Å². The third-order valence-electron chi connectivity index (χ3n) is 3.36. The Labute approximate surface area is 121 Å². The van der Waals surface area contributed by atoms with Gasteiger partial charge >= 0.3 is 0 Å². The second-order valence-corrected chi connectivity index (χ2v) is 5.61. The fraction of sp³-hybridized carbons (Fsp3) is 0.333. The Morgan fingerprint density at radius 1 is 1.25 bits per heavy atom. The van der Waals surface area contributed by atoms with Crippen molar-refractivity contribution in [2.75, 3.05) is 0 Å². The summed E-state index contributed by atoms with van der Waals surface area (Å²) in [6.45, 7) is 10.2. The molecule has 0 aromatic heterocycles. The molecule has 0 saturated heterocycles. The number of allylic oxidation sites excluding steroid dienone is 4. The maximum atomic E-state index is 9.48. The maximum absolute atomic E-state index is 9.48. The first-order chi connectivity index (χ1) is 9.36. The summed E-state index contributed by atoms with van der Waals surface area (Å²) in [5.74, 6) is -0.200. The van der Waals surface area contributed by atoms with E-state index in [4.69, 9.17) is 0 Å². The normalized spacial score (nSPS) is 13.9. The van der Waals surface area contributed by atoms with Crippen LogP contribution in [0, 0.1) is 5.41 Å². The van der Waals surface area contributed by atoms with Gasteiger partial charge in [0.05, 0.1) is 0 Å². The molecule has 0 heterocycles. The predicted octanol–water partition coefficient (Wildman–Crippen LogP) is 5.05. The molecule has 108 valence electrons. The Bertz CT molecular complexity index is 522. The van der Waals surface area contributed by atoms with Gasteiger partial charge in [-0.2, -0.15) is 0 Å². The van der Waals surface area contributed by atoms with Gasteiger partial charge in [-0.05, 0) is 44.4 Å². The van der Waals surface area contributed by atoms with Gasteiger partial charge in [-0.15, -0.1) is 6.58 Å². The van der Waals surface area contributed by atoms with Crippen LogP contribution in [-0.2, 0) is 0 Å². The Morgan fingerprint density at radius 3 is 2.50 bits per heavy atom. The van der Waals surface area contributed by atoms with E-state index >= 15 is 0 Å². The van der Waals surface area contributed by atoms with Crippen molar-refractivity contribution < 1.29 is 10.2 Å². The van der Waals surface area contributed by atoms with Crippen LogP contribution in [0.5, 0.6) is 11.5 Å². The highest BCUT2D eigenvalue weighted by Crippen LogP contribution is 2.30. The van der Waals surface area contributed by atoms with Gasteiger partial charge in [-0.3, -0.25) is 0 Å². The highest BCUT2D eigenvalue weighted by molar-refractivity contribution is 5.55. The van der Waals surface area contributed by atoms with E-state index in [-0.39, 0.29) is 16.9 Å². The average molecular weight is 272 g/mol. The Kier molecular flexibility index (Phi) is 5.63. The molecule has 1 unspecified atom stereocenters. The summed E-state index contributed by atoms with van der Waals surface area (Å²) in [6.07, 6.45) is 10.2. The molecule has 1 aromatic rings. The summed E-state index contributed by atoms with van der Waals surface area (Å²) in [4.78, 5) is 0. The molecular formula is C18H24O2. The molecule has 20 heavy (non-hydrogen) atoms. The minimum absolute atomic E-state index is 0.0839. The number of hydrogen-bond acceptors (Lipinski definition) is 2. The monoisotopic (exact) mass is 272 g/mol. The van der Waals surface area contributed by atoms with Crippen LogP contribution >= 0.6 is 0 Å². The van der Waals surface area contributed by atoms with Crippen molar-refractivity contribution in [3.63, 3.8) is 0 Å². The molecule has 0 fully saturated rings. The van der Waals surface area contributed by atoms with Crippen LogP contribution in [0.15, 0.2) is 48.6 Å². The van der Waals surface area contributed by atoms with Gasteiger partial charge in [-0.25, -0.2) is 0 Å².